The van der Waals surface area contributed by atoms with Crippen LogP contribution in [0.4, 0.5) is 0 Å². The quantitative estimate of drug-likeness (QED) is 0.776. The lowest BCUT2D eigenvalue weighted by atomic mass is 10.2. The van der Waals surface area contributed by atoms with E-state index >= 15 is 0 Å². The predicted molar refractivity (Wildman–Crippen MR) is 92.8 cm³/mol. The summed E-state index contributed by atoms with van der Waals surface area (Å²) in [7, 11) is 0. The van der Waals surface area contributed by atoms with Crippen LogP contribution < -0.4 is 5.32 Å². The van der Waals surface area contributed by atoms with Crippen molar-refractivity contribution in [3.8, 4) is 0 Å². The number of halogens is 2. The molecule has 0 bridgehead atoms. The van der Waals surface area contributed by atoms with Gasteiger partial charge in [0.1, 0.15) is 12.4 Å². The second-order valence-electron chi connectivity index (χ2n) is 5.25. The van der Waals surface area contributed by atoms with Gasteiger partial charge >= 0.3 is 0 Å². The number of para-hydroxylation sites is 2. The fourth-order valence-corrected chi connectivity index (χ4v) is 2.93. The Morgan fingerprint density at radius 3 is 2.78 bits per heavy atom. The molecule has 4 nitrogen and oxygen atoms in total. The summed E-state index contributed by atoms with van der Waals surface area (Å²) in [6.45, 7) is 2.47. The topological polar surface area (TPSA) is 46.9 Å². The molecule has 1 amide bonds. The molecular weight excluding hydrogens is 333 g/mol. The van der Waals surface area contributed by atoms with E-state index in [9.17, 15) is 4.79 Å². The van der Waals surface area contributed by atoms with Crippen LogP contribution in [0.5, 0.6) is 0 Å². The maximum Gasteiger partial charge on any atom is 0.240 e. The van der Waals surface area contributed by atoms with Crippen molar-refractivity contribution in [2.24, 2.45) is 0 Å². The van der Waals surface area contributed by atoms with Gasteiger partial charge in [0.2, 0.25) is 5.91 Å². The maximum atomic E-state index is 12.2. The van der Waals surface area contributed by atoms with E-state index in [1.807, 2.05) is 41.8 Å². The summed E-state index contributed by atoms with van der Waals surface area (Å²) >= 11 is 12.0. The SMILES string of the molecule is Cc1nc2ccccc2n1CC(=O)NCc1ccc(Cl)cc1Cl. The van der Waals surface area contributed by atoms with E-state index in [0.717, 1.165) is 22.4 Å². The molecule has 2 aromatic carbocycles. The van der Waals surface area contributed by atoms with E-state index < -0.39 is 0 Å². The molecule has 0 radical (unpaired) electrons. The van der Waals surface area contributed by atoms with Gasteiger partial charge in [0.25, 0.3) is 0 Å². The Kier molecular flexibility index (Phi) is 4.55. The Bertz CT molecular complexity index is 873. The zero-order valence-electron chi connectivity index (χ0n) is 12.5. The molecule has 23 heavy (non-hydrogen) atoms. The summed E-state index contributed by atoms with van der Waals surface area (Å²) in [5, 5.41) is 3.99. The number of carbonyl (C=O) groups excluding carboxylic acids is 1. The fourth-order valence-electron chi connectivity index (χ4n) is 2.45. The van der Waals surface area contributed by atoms with E-state index in [1.165, 1.54) is 0 Å². The first kappa shape index (κ1) is 15.8. The number of amides is 1. The number of aryl methyl sites for hydroxylation is 1. The average Bonchev–Trinajstić information content (AvgIpc) is 2.82. The Hall–Kier alpha value is -2.04. The Morgan fingerprint density at radius 2 is 2.00 bits per heavy atom. The summed E-state index contributed by atoms with van der Waals surface area (Å²) in [4.78, 5) is 16.7. The van der Waals surface area contributed by atoms with E-state index in [1.54, 1.807) is 12.1 Å². The van der Waals surface area contributed by atoms with Crippen LogP contribution in [0.25, 0.3) is 11.0 Å². The maximum absolute atomic E-state index is 12.2. The van der Waals surface area contributed by atoms with Gasteiger partial charge in [0, 0.05) is 16.6 Å². The molecule has 0 aliphatic rings. The monoisotopic (exact) mass is 347 g/mol. The van der Waals surface area contributed by atoms with Gasteiger partial charge < -0.3 is 9.88 Å². The van der Waals surface area contributed by atoms with Crippen LogP contribution in [0.15, 0.2) is 42.5 Å². The van der Waals surface area contributed by atoms with Crippen LogP contribution in [-0.2, 0) is 17.9 Å². The molecule has 0 aliphatic heterocycles. The van der Waals surface area contributed by atoms with Crippen LogP contribution in [0.2, 0.25) is 10.0 Å². The number of carbonyl (C=O) groups is 1. The minimum atomic E-state index is -0.0951. The van der Waals surface area contributed by atoms with Gasteiger partial charge in [-0.05, 0) is 36.8 Å². The minimum Gasteiger partial charge on any atom is -0.350 e. The highest BCUT2D eigenvalue weighted by Crippen LogP contribution is 2.21. The van der Waals surface area contributed by atoms with E-state index in [-0.39, 0.29) is 12.5 Å². The van der Waals surface area contributed by atoms with Crippen molar-refractivity contribution in [2.45, 2.75) is 20.0 Å². The zero-order chi connectivity index (χ0) is 16.4. The van der Waals surface area contributed by atoms with Gasteiger partial charge in [-0.3, -0.25) is 4.79 Å². The molecule has 0 aliphatic carbocycles. The van der Waals surface area contributed by atoms with Crippen molar-refractivity contribution in [2.75, 3.05) is 0 Å². The van der Waals surface area contributed by atoms with E-state index in [4.69, 9.17) is 23.2 Å². The smallest absolute Gasteiger partial charge is 0.240 e. The minimum absolute atomic E-state index is 0.0951. The summed E-state index contributed by atoms with van der Waals surface area (Å²) in [5.74, 6) is 0.716. The highest BCUT2D eigenvalue weighted by molar-refractivity contribution is 6.35. The van der Waals surface area contributed by atoms with Gasteiger partial charge in [-0.2, -0.15) is 0 Å². The molecule has 0 atom stereocenters. The second-order valence-corrected chi connectivity index (χ2v) is 6.09. The number of rotatable bonds is 4. The van der Waals surface area contributed by atoms with Gasteiger partial charge in [-0.1, -0.05) is 41.4 Å². The number of aromatic nitrogens is 2. The lowest BCUT2D eigenvalue weighted by molar-refractivity contribution is -0.121. The van der Waals surface area contributed by atoms with Crippen LogP contribution in [0.1, 0.15) is 11.4 Å². The molecule has 0 unspecified atom stereocenters. The summed E-state index contributed by atoms with van der Waals surface area (Å²) in [6, 6.07) is 13.0. The van der Waals surface area contributed by atoms with Crippen LogP contribution in [0, 0.1) is 6.92 Å². The first-order valence-electron chi connectivity index (χ1n) is 7.17. The number of hydrogen-bond donors (Lipinski definition) is 1. The van der Waals surface area contributed by atoms with Crippen molar-refractivity contribution in [3.63, 3.8) is 0 Å². The number of benzene rings is 2. The molecule has 0 spiro atoms. The Morgan fingerprint density at radius 1 is 1.22 bits per heavy atom. The molecular formula is C17H15Cl2N3O. The normalized spacial score (nSPS) is 10.9. The first-order chi connectivity index (χ1) is 11.0. The predicted octanol–water partition coefficient (Wildman–Crippen LogP) is 3.97. The van der Waals surface area contributed by atoms with Crippen LogP contribution in [-0.4, -0.2) is 15.5 Å². The number of nitrogens with one attached hydrogen (secondary N) is 1. The fraction of sp³-hybridized carbons (Fsp3) is 0.176. The van der Waals surface area contributed by atoms with Crippen molar-refractivity contribution in [3.05, 3.63) is 63.9 Å². The molecule has 1 aromatic heterocycles. The number of hydrogen-bond acceptors (Lipinski definition) is 2. The lowest BCUT2D eigenvalue weighted by Crippen LogP contribution is -2.27. The molecule has 0 saturated carbocycles. The van der Waals surface area contributed by atoms with Crippen molar-refractivity contribution in [1.82, 2.24) is 14.9 Å². The molecule has 0 saturated heterocycles. The third-order valence-corrected chi connectivity index (χ3v) is 4.23. The summed E-state index contributed by atoms with van der Waals surface area (Å²) < 4.78 is 1.90. The van der Waals surface area contributed by atoms with Gasteiger partial charge in [-0.25, -0.2) is 4.98 Å². The molecule has 3 rings (SSSR count). The largest absolute Gasteiger partial charge is 0.350 e. The number of nitrogens with zero attached hydrogens (tertiary/aromatic N) is 2. The van der Waals surface area contributed by atoms with Gasteiger partial charge in [0.05, 0.1) is 11.0 Å². The van der Waals surface area contributed by atoms with Crippen LogP contribution >= 0.6 is 23.2 Å². The third kappa shape index (κ3) is 3.49. The first-order valence-corrected chi connectivity index (χ1v) is 7.92. The Labute approximate surface area is 144 Å². The standard InChI is InChI=1S/C17H15Cl2N3O/c1-11-21-15-4-2-3-5-16(15)22(11)10-17(23)20-9-12-6-7-13(18)8-14(12)19/h2-8H,9-10H2,1H3,(H,20,23). The number of imidazole rings is 1. The third-order valence-electron chi connectivity index (χ3n) is 3.64. The second kappa shape index (κ2) is 6.60. The van der Waals surface area contributed by atoms with Gasteiger partial charge in [0.15, 0.2) is 0 Å². The molecule has 1 N–H and O–H groups in total. The summed E-state index contributed by atoms with van der Waals surface area (Å²) in [6.07, 6.45) is 0. The number of fused-ring (bicyclic) bond motifs is 1. The Balaban J connectivity index is 1.70. The highest BCUT2D eigenvalue weighted by Gasteiger charge is 2.11. The molecule has 1 heterocycles. The average molecular weight is 348 g/mol. The van der Waals surface area contributed by atoms with Crippen molar-refractivity contribution in [1.29, 1.82) is 0 Å². The van der Waals surface area contributed by atoms with E-state index in [0.29, 0.717) is 16.6 Å². The van der Waals surface area contributed by atoms with Crippen molar-refractivity contribution < 1.29 is 4.79 Å². The molecule has 6 heteroatoms. The summed E-state index contributed by atoms with van der Waals surface area (Å²) in [5.41, 5.74) is 2.67. The molecule has 3 aromatic rings. The zero-order valence-corrected chi connectivity index (χ0v) is 14.0. The molecule has 0 fully saturated rings. The van der Waals surface area contributed by atoms with Gasteiger partial charge in [-0.15, -0.1) is 0 Å². The molecule has 118 valence electrons. The van der Waals surface area contributed by atoms with Crippen LogP contribution in [0.3, 0.4) is 0 Å². The van der Waals surface area contributed by atoms with Crippen molar-refractivity contribution >= 4 is 40.1 Å². The lowest BCUT2D eigenvalue weighted by Gasteiger charge is -2.09. The highest BCUT2D eigenvalue weighted by atomic mass is 35.5. The van der Waals surface area contributed by atoms with E-state index in [2.05, 4.69) is 10.3 Å².